The highest BCUT2D eigenvalue weighted by Gasteiger charge is 2.36. The lowest BCUT2D eigenvalue weighted by Gasteiger charge is -2.25. The van der Waals surface area contributed by atoms with Crippen molar-refractivity contribution < 1.29 is 13.9 Å². The van der Waals surface area contributed by atoms with Crippen molar-refractivity contribution in [2.45, 2.75) is 25.8 Å². The summed E-state index contributed by atoms with van der Waals surface area (Å²) in [7, 11) is 0. The van der Waals surface area contributed by atoms with Crippen LogP contribution in [0, 0.1) is 5.92 Å². The van der Waals surface area contributed by atoms with E-state index in [1.165, 1.54) is 23.8 Å². The van der Waals surface area contributed by atoms with Crippen LogP contribution < -0.4 is 5.32 Å². The number of morpholine rings is 1. The number of nitrogens with one attached hydrogen (secondary N) is 1. The van der Waals surface area contributed by atoms with E-state index in [0.29, 0.717) is 22.7 Å². The van der Waals surface area contributed by atoms with Crippen LogP contribution in [0.4, 0.5) is 5.13 Å². The van der Waals surface area contributed by atoms with Gasteiger partial charge in [0.05, 0.1) is 18.9 Å². The molecule has 1 aliphatic heterocycles. The summed E-state index contributed by atoms with van der Waals surface area (Å²) in [6, 6.07) is 3.92. The number of hydrogen-bond acceptors (Lipinski definition) is 6. The van der Waals surface area contributed by atoms with Gasteiger partial charge >= 0.3 is 0 Å². The van der Waals surface area contributed by atoms with Gasteiger partial charge in [-0.3, -0.25) is 15.0 Å². The van der Waals surface area contributed by atoms with Gasteiger partial charge in [-0.1, -0.05) is 6.92 Å². The summed E-state index contributed by atoms with van der Waals surface area (Å²) in [6.07, 6.45) is 4.38. The molecule has 0 radical (unpaired) electrons. The van der Waals surface area contributed by atoms with Crippen LogP contribution in [0.2, 0.25) is 0 Å². The zero-order chi connectivity index (χ0) is 17.9. The lowest BCUT2D eigenvalue weighted by molar-refractivity contribution is -0.111. The summed E-state index contributed by atoms with van der Waals surface area (Å²) in [5.41, 5.74) is 0.977. The maximum absolute atomic E-state index is 12.1. The third-order valence-electron chi connectivity index (χ3n) is 4.79. The first-order valence-electron chi connectivity index (χ1n) is 9.00. The lowest BCUT2D eigenvalue weighted by atomic mass is 10.3. The molecule has 1 amide bonds. The Bertz CT molecular complexity index is 792. The molecule has 6 nitrogen and oxygen atoms in total. The first kappa shape index (κ1) is 17.5. The fourth-order valence-electron chi connectivity index (χ4n) is 3.11. The van der Waals surface area contributed by atoms with Gasteiger partial charge in [-0.05, 0) is 30.5 Å². The number of carbonyl (C=O) groups is 1. The Morgan fingerprint density at radius 2 is 2.23 bits per heavy atom. The summed E-state index contributed by atoms with van der Waals surface area (Å²) in [6.45, 7) is 6.40. The molecule has 2 atom stereocenters. The van der Waals surface area contributed by atoms with Crippen molar-refractivity contribution >= 4 is 28.5 Å². The number of ether oxygens (including phenoxy) is 1. The molecule has 0 bridgehead atoms. The van der Waals surface area contributed by atoms with Gasteiger partial charge in [0.2, 0.25) is 5.91 Å². The largest absolute Gasteiger partial charge is 0.461 e. The number of hydrogen-bond donors (Lipinski definition) is 1. The Balaban J connectivity index is 1.28. The molecule has 2 aromatic heterocycles. The Labute approximate surface area is 156 Å². The van der Waals surface area contributed by atoms with E-state index in [1.807, 2.05) is 17.5 Å². The third kappa shape index (κ3) is 4.41. The molecule has 4 rings (SSSR count). The van der Waals surface area contributed by atoms with Crippen molar-refractivity contribution in [1.82, 2.24) is 9.88 Å². The molecule has 2 aliphatic rings. The van der Waals surface area contributed by atoms with Crippen LogP contribution in [0.3, 0.4) is 0 Å². The maximum Gasteiger partial charge on any atom is 0.250 e. The topological polar surface area (TPSA) is 67.6 Å². The second kappa shape index (κ2) is 7.73. The van der Waals surface area contributed by atoms with Crippen molar-refractivity contribution in [3.8, 4) is 0 Å². The van der Waals surface area contributed by atoms with Gasteiger partial charge < -0.3 is 9.15 Å². The Hall–Kier alpha value is -1.96. The molecule has 7 heteroatoms. The minimum atomic E-state index is -0.199. The molecule has 2 aromatic rings. The van der Waals surface area contributed by atoms with Crippen LogP contribution in [0.15, 0.2) is 28.0 Å². The maximum atomic E-state index is 12.1. The summed E-state index contributed by atoms with van der Waals surface area (Å²) < 4.78 is 11.1. The van der Waals surface area contributed by atoms with Crippen LogP contribution in [0.1, 0.15) is 36.5 Å². The summed E-state index contributed by atoms with van der Waals surface area (Å²) in [5.74, 6) is 2.78. The molecule has 0 unspecified atom stereocenters. The van der Waals surface area contributed by atoms with Crippen LogP contribution >= 0.6 is 11.3 Å². The fourth-order valence-corrected chi connectivity index (χ4v) is 3.81. The predicted octanol–water partition coefficient (Wildman–Crippen LogP) is 3.34. The minimum absolute atomic E-state index is 0.199. The van der Waals surface area contributed by atoms with E-state index < -0.39 is 0 Å². The van der Waals surface area contributed by atoms with Gasteiger partial charge in [-0.2, -0.15) is 0 Å². The summed E-state index contributed by atoms with van der Waals surface area (Å²) in [5, 5.41) is 5.43. The van der Waals surface area contributed by atoms with E-state index >= 15 is 0 Å². The molecular weight excluding hydrogens is 350 g/mol. The number of carbonyl (C=O) groups excluding carboxylic acids is 1. The zero-order valence-corrected chi connectivity index (χ0v) is 15.6. The van der Waals surface area contributed by atoms with E-state index in [9.17, 15) is 4.79 Å². The number of amides is 1. The molecule has 0 spiro atoms. The second-order valence-corrected chi connectivity index (χ2v) is 7.77. The summed E-state index contributed by atoms with van der Waals surface area (Å²) >= 11 is 1.45. The monoisotopic (exact) mass is 373 g/mol. The van der Waals surface area contributed by atoms with Gasteiger partial charge in [0, 0.05) is 37.0 Å². The van der Waals surface area contributed by atoms with Crippen LogP contribution in [0.5, 0.6) is 0 Å². The van der Waals surface area contributed by atoms with Crippen LogP contribution in [-0.4, -0.2) is 42.1 Å². The first-order valence-corrected chi connectivity index (χ1v) is 9.88. The number of aromatic nitrogens is 1. The molecule has 1 saturated heterocycles. The van der Waals surface area contributed by atoms with Crippen molar-refractivity contribution in [3.05, 3.63) is 40.8 Å². The number of nitrogens with zero attached hydrogens (tertiary/aromatic N) is 2. The standard InChI is InChI=1S/C19H23N3O3S/c1-13-10-16(13)17-4-2-15(25-17)3-5-18(23)21-19-20-14(12-26-19)11-22-6-8-24-9-7-22/h2-5,12-13,16H,6-11H2,1H3,(H,20,21,23)/b5-3-/t13-,16-/m1/s1. The van der Waals surface area contributed by atoms with E-state index in [2.05, 4.69) is 22.1 Å². The Morgan fingerprint density at radius 1 is 1.42 bits per heavy atom. The minimum Gasteiger partial charge on any atom is -0.461 e. The highest BCUT2D eigenvalue weighted by molar-refractivity contribution is 7.13. The number of thiazole rings is 1. The van der Waals surface area contributed by atoms with Gasteiger partial charge in [0.1, 0.15) is 11.5 Å². The van der Waals surface area contributed by atoms with Crippen molar-refractivity contribution in [2.75, 3.05) is 31.6 Å². The number of rotatable bonds is 6. The predicted molar refractivity (Wildman–Crippen MR) is 101 cm³/mol. The van der Waals surface area contributed by atoms with E-state index in [0.717, 1.165) is 44.3 Å². The molecule has 0 aromatic carbocycles. The van der Waals surface area contributed by atoms with E-state index in [4.69, 9.17) is 9.15 Å². The highest BCUT2D eigenvalue weighted by atomic mass is 32.1. The second-order valence-electron chi connectivity index (χ2n) is 6.91. The van der Waals surface area contributed by atoms with Gasteiger partial charge in [-0.15, -0.1) is 11.3 Å². The fraction of sp³-hybridized carbons (Fsp3) is 0.474. The SMILES string of the molecule is C[C@@H]1C[C@H]1c1ccc(/C=C\C(=O)Nc2nc(CN3CCOCC3)cs2)o1. The van der Waals surface area contributed by atoms with Gasteiger partial charge in [0.15, 0.2) is 5.13 Å². The lowest BCUT2D eigenvalue weighted by Crippen LogP contribution is -2.35. The molecule has 2 fully saturated rings. The quantitative estimate of drug-likeness (QED) is 0.787. The molecule has 3 heterocycles. The summed E-state index contributed by atoms with van der Waals surface area (Å²) in [4.78, 5) is 18.9. The Kier molecular flexibility index (Phi) is 5.19. The molecule has 26 heavy (non-hydrogen) atoms. The number of furan rings is 1. The van der Waals surface area contributed by atoms with E-state index in [-0.39, 0.29) is 5.91 Å². The van der Waals surface area contributed by atoms with E-state index in [1.54, 1.807) is 6.08 Å². The molecule has 1 N–H and O–H groups in total. The smallest absolute Gasteiger partial charge is 0.250 e. The Morgan fingerprint density at radius 3 is 3.00 bits per heavy atom. The van der Waals surface area contributed by atoms with Gasteiger partial charge in [-0.25, -0.2) is 4.98 Å². The zero-order valence-electron chi connectivity index (χ0n) is 14.8. The van der Waals surface area contributed by atoms with Crippen molar-refractivity contribution in [3.63, 3.8) is 0 Å². The van der Waals surface area contributed by atoms with Crippen LogP contribution in [0.25, 0.3) is 6.08 Å². The highest BCUT2D eigenvalue weighted by Crippen LogP contribution is 2.47. The van der Waals surface area contributed by atoms with Crippen molar-refractivity contribution in [2.24, 2.45) is 5.92 Å². The number of anilines is 1. The molecule has 1 saturated carbocycles. The van der Waals surface area contributed by atoms with Gasteiger partial charge in [0.25, 0.3) is 0 Å². The normalized spacial score (nSPS) is 23.4. The molecule has 1 aliphatic carbocycles. The van der Waals surface area contributed by atoms with Crippen LogP contribution in [-0.2, 0) is 16.1 Å². The van der Waals surface area contributed by atoms with Crippen molar-refractivity contribution in [1.29, 1.82) is 0 Å². The molecule has 138 valence electrons. The molecular formula is C19H23N3O3S. The average molecular weight is 373 g/mol. The first-order chi connectivity index (χ1) is 12.7. The average Bonchev–Trinajstić information content (AvgIpc) is 3.02. The third-order valence-corrected chi connectivity index (χ3v) is 5.60.